The SMILES string of the molecule is [Ni+2].[S-]C(=Nc1ccccc1)NN=C(c1ccccn1)c1ccccn1.[S-]C(=Nc1ccccc1)NN=C(c1ccccn1)c1ccccn1. The van der Waals surface area contributed by atoms with E-state index in [2.05, 4.69) is 51.0 Å². The molecular formula is C36H28N10NiS2. The van der Waals surface area contributed by atoms with Gasteiger partial charge in [-0.1, -0.05) is 60.7 Å². The Balaban J connectivity index is 0.000000216. The van der Waals surface area contributed by atoms with Gasteiger partial charge in [0.15, 0.2) is 0 Å². The fourth-order valence-corrected chi connectivity index (χ4v) is 4.30. The van der Waals surface area contributed by atoms with Gasteiger partial charge in [-0.05, 0) is 72.8 Å². The maximum Gasteiger partial charge on any atom is 2.00 e. The molecule has 13 heteroatoms. The molecule has 0 saturated heterocycles. The second-order valence-electron chi connectivity index (χ2n) is 9.51. The molecule has 0 atom stereocenters. The van der Waals surface area contributed by atoms with Crippen molar-refractivity contribution in [3.63, 3.8) is 0 Å². The number of hydrazone groups is 2. The number of aromatic nitrogens is 4. The molecule has 4 heterocycles. The van der Waals surface area contributed by atoms with E-state index < -0.39 is 0 Å². The minimum absolute atomic E-state index is 0. The van der Waals surface area contributed by atoms with Crippen LogP contribution in [0.4, 0.5) is 11.4 Å². The molecule has 10 nitrogen and oxygen atoms in total. The number of amidine groups is 2. The van der Waals surface area contributed by atoms with E-state index in [1.165, 1.54) is 0 Å². The molecule has 0 unspecified atom stereocenters. The van der Waals surface area contributed by atoms with Crippen molar-refractivity contribution in [3.8, 4) is 0 Å². The topological polar surface area (TPSA) is 125 Å². The van der Waals surface area contributed by atoms with Gasteiger partial charge in [0, 0.05) is 35.1 Å². The summed E-state index contributed by atoms with van der Waals surface area (Å²) in [5.74, 6) is 0. The first-order valence-electron chi connectivity index (χ1n) is 14.6. The Labute approximate surface area is 305 Å². The molecule has 2 aromatic carbocycles. The summed E-state index contributed by atoms with van der Waals surface area (Å²) in [5.41, 5.74) is 11.1. The van der Waals surface area contributed by atoms with Crippen LogP contribution in [0.15, 0.2) is 178 Å². The zero-order valence-electron chi connectivity index (χ0n) is 25.7. The number of nitrogens with zero attached hydrogens (tertiary/aromatic N) is 8. The molecule has 49 heavy (non-hydrogen) atoms. The number of pyridine rings is 4. The molecule has 0 aliphatic rings. The fraction of sp³-hybridized carbons (Fsp3) is 0. The third-order valence-corrected chi connectivity index (χ3v) is 6.50. The van der Waals surface area contributed by atoms with E-state index in [4.69, 9.17) is 25.3 Å². The number of hydrogen-bond acceptors (Lipinski definition) is 10. The van der Waals surface area contributed by atoms with E-state index in [1.54, 1.807) is 24.8 Å². The second kappa shape index (κ2) is 19.8. The molecule has 0 fully saturated rings. The Kier molecular flexibility index (Phi) is 14.6. The van der Waals surface area contributed by atoms with Crippen molar-refractivity contribution in [3.05, 3.63) is 181 Å². The van der Waals surface area contributed by atoms with E-state index in [9.17, 15) is 0 Å². The summed E-state index contributed by atoms with van der Waals surface area (Å²) in [6.07, 6.45) is 6.84. The minimum Gasteiger partial charge on any atom is -0.741 e. The molecule has 6 rings (SSSR count). The first kappa shape index (κ1) is 36.1. The molecule has 0 spiro atoms. The van der Waals surface area contributed by atoms with Crippen LogP contribution in [0.3, 0.4) is 0 Å². The second-order valence-corrected chi connectivity index (χ2v) is 10.3. The van der Waals surface area contributed by atoms with Gasteiger partial charge < -0.3 is 25.3 Å². The van der Waals surface area contributed by atoms with E-state index >= 15 is 0 Å². The van der Waals surface area contributed by atoms with E-state index in [0.717, 1.165) is 11.4 Å². The van der Waals surface area contributed by atoms with Gasteiger partial charge in [0.1, 0.15) is 11.4 Å². The molecule has 0 radical (unpaired) electrons. The normalized spacial score (nSPS) is 10.7. The number of rotatable bonds is 8. The quantitative estimate of drug-likeness (QED) is 0.0635. The number of benzene rings is 2. The summed E-state index contributed by atoms with van der Waals surface area (Å²) < 4.78 is 0. The van der Waals surface area contributed by atoms with E-state index in [-0.39, 0.29) is 26.8 Å². The minimum atomic E-state index is 0. The molecule has 0 aliphatic heterocycles. The van der Waals surface area contributed by atoms with Crippen molar-refractivity contribution in [2.45, 2.75) is 0 Å². The van der Waals surface area contributed by atoms with Crippen molar-refractivity contribution in [2.24, 2.45) is 20.2 Å². The number of para-hydroxylation sites is 2. The third kappa shape index (κ3) is 11.8. The van der Waals surface area contributed by atoms with Gasteiger partial charge in [-0.2, -0.15) is 10.2 Å². The predicted octanol–water partition coefficient (Wildman–Crippen LogP) is 6.10. The van der Waals surface area contributed by atoms with Crippen LogP contribution in [0.2, 0.25) is 0 Å². The van der Waals surface area contributed by atoms with Gasteiger partial charge in [0.25, 0.3) is 0 Å². The van der Waals surface area contributed by atoms with Crippen molar-refractivity contribution in [1.29, 1.82) is 0 Å². The van der Waals surface area contributed by atoms with Gasteiger partial charge in [-0.25, -0.2) is 0 Å². The summed E-state index contributed by atoms with van der Waals surface area (Å²) in [4.78, 5) is 25.9. The largest absolute Gasteiger partial charge is 2.00 e. The predicted molar refractivity (Wildman–Crippen MR) is 196 cm³/mol. The van der Waals surface area contributed by atoms with Gasteiger partial charge >= 0.3 is 16.5 Å². The summed E-state index contributed by atoms with van der Waals surface area (Å²) in [5, 5.41) is 9.27. The van der Waals surface area contributed by atoms with Crippen molar-refractivity contribution in [2.75, 3.05) is 0 Å². The zero-order chi connectivity index (χ0) is 33.2. The van der Waals surface area contributed by atoms with Crippen LogP contribution in [0.1, 0.15) is 22.8 Å². The molecule has 0 aliphatic carbocycles. The van der Waals surface area contributed by atoms with Gasteiger partial charge in [0.05, 0.1) is 34.2 Å². The molecule has 0 bridgehead atoms. The van der Waals surface area contributed by atoms with Crippen molar-refractivity contribution >= 4 is 58.4 Å². The van der Waals surface area contributed by atoms with E-state index in [0.29, 0.717) is 34.2 Å². The molecule has 4 aromatic heterocycles. The molecule has 0 saturated carbocycles. The zero-order valence-corrected chi connectivity index (χ0v) is 28.3. The summed E-state index contributed by atoms with van der Waals surface area (Å²) in [7, 11) is 0. The number of hydrogen-bond donors (Lipinski definition) is 2. The Morgan fingerprint density at radius 2 is 0.694 bits per heavy atom. The maximum atomic E-state index is 5.23. The number of nitrogens with one attached hydrogen (secondary N) is 2. The van der Waals surface area contributed by atoms with Gasteiger partial charge in [-0.15, -0.1) is 0 Å². The molecular weight excluding hydrogens is 695 g/mol. The van der Waals surface area contributed by atoms with Crippen molar-refractivity contribution in [1.82, 2.24) is 30.8 Å². The van der Waals surface area contributed by atoms with Crippen LogP contribution in [0, 0.1) is 0 Å². The van der Waals surface area contributed by atoms with Crippen LogP contribution >= 0.6 is 0 Å². The molecule has 0 amide bonds. The molecule has 6 aromatic rings. The van der Waals surface area contributed by atoms with Gasteiger partial charge in [0.2, 0.25) is 0 Å². The summed E-state index contributed by atoms with van der Waals surface area (Å²) in [6.45, 7) is 0. The Morgan fingerprint density at radius 3 is 0.959 bits per heavy atom. The van der Waals surface area contributed by atoms with E-state index in [1.807, 2.05) is 133 Å². The van der Waals surface area contributed by atoms with Gasteiger partial charge in [-0.3, -0.25) is 40.8 Å². The van der Waals surface area contributed by atoms with Crippen LogP contribution in [0.25, 0.3) is 0 Å². The van der Waals surface area contributed by atoms with Crippen LogP contribution in [-0.2, 0) is 41.7 Å². The smallest absolute Gasteiger partial charge is 0.741 e. The third-order valence-electron chi connectivity index (χ3n) is 6.13. The van der Waals surface area contributed by atoms with Crippen LogP contribution in [-0.4, -0.2) is 41.7 Å². The Morgan fingerprint density at radius 1 is 0.408 bits per heavy atom. The summed E-state index contributed by atoms with van der Waals surface area (Å²) >= 11 is 10.5. The van der Waals surface area contributed by atoms with Crippen LogP contribution < -0.4 is 10.9 Å². The fourth-order valence-electron chi connectivity index (χ4n) is 4.00. The standard InChI is InChI=1S/2C18H15N5S.Ni/c2*24-18(21-14-8-2-1-3-9-14)23-22-17(15-10-4-6-12-19-15)16-11-5-7-13-20-16;/h2*1-13H,(H2,21,23,24);/q;;+2/p-2. The average Bonchev–Trinajstić information content (AvgIpc) is 3.15. The maximum absolute atomic E-state index is 5.23. The Bertz CT molecular complexity index is 1740. The Hall–Kier alpha value is -5.75. The molecule has 244 valence electrons. The first-order valence-corrected chi connectivity index (χ1v) is 15.4. The molecule has 2 N–H and O–H groups in total. The monoisotopic (exact) mass is 722 g/mol. The van der Waals surface area contributed by atoms with Crippen LogP contribution in [0.5, 0.6) is 0 Å². The average molecular weight is 724 g/mol. The number of aliphatic imine (C=N–C) groups is 2. The first-order chi connectivity index (χ1) is 23.7. The summed E-state index contributed by atoms with van der Waals surface area (Å²) in [6, 6.07) is 41.4. The van der Waals surface area contributed by atoms with Crippen molar-refractivity contribution < 1.29 is 16.5 Å².